The molecule has 4 N–H and O–H groups in total. The van der Waals surface area contributed by atoms with Crippen molar-refractivity contribution < 1.29 is 9.47 Å². The topological polar surface area (TPSA) is 80.9 Å². The van der Waals surface area contributed by atoms with Crippen LogP contribution in [0.4, 0.5) is 0 Å². The lowest BCUT2D eigenvalue weighted by Crippen LogP contribution is -2.42. The summed E-state index contributed by atoms with van der Waals surface area (Å²) in [4.78, 5) is 4.36. The minimum atomic E-state index is 0.611. The highest BCUT2D eigenvalue weighted by atomic mass is 16.6. The highest BCUT2D eigenvalue weighted by Crippen LogP contribution is 2.30. The van der Waals surface area contributed by atoms with E-state index >= 15 is 0 Å². The Morgan fingerprint density at radius 2 is 2.10 bits per heavy atom. The molecule has 0 unspecified atom stereocenters. The van der Waals surface area contributed by atoms with Crippen LogP contribution in [0.15, 0.2) is 23.2 Å². The molecule has 0 fully saturated rings. The van der Waals surface area contributed by atoms with Gasteiger partial charge in [0.25, 0.3) is 0 Å². The van der Waals surface area contributed by atoms with Gasteiger partial charge < -0.3 is 14.8 Å². The van der Waals surface area contributed by atoms with E-state index in [4.69, 9.17) is 15.3 Å². The summed E-state index contributed by atoms with van der Waals surface area (Å²) >= 11 is 0. The molecular weight excluding hydrogens is 268 g/mol. The summed E-state index contributed by atoms with van der Waals surface area (Å²) in [6.45, 7) is 4.91. The smallest absolute Gasteiger partial charge is 0.205 e. The van der Waals surface area contributed by atoms with E-state index < -0.39 is 0 Å². The second-order valence-corrected chi connectivity index (χ2v) is 4.88. The molecule has 0 saturated heterocycles. The number of hydrogen-bond acceptors (Lipinski definition) is 4. The molecule has 1 aliphatic heterocycles. The van der Waals surface area contributed by atoms with Gasteiger partial charge >= 0.3 is 0 Å². The molecule has 0 aliphatic carbocycles. The van der Waals surface area contributed by atoms with Crippen molar-refractivity contribution >= 4 is 5.96 Å². The van der Waals surface area contributed by atoms with Gasteiger partial charge in [0, 0.05) is 13.1 Å². The molecule has 1 aromatic rings. The maximum absolute atomic E-state index is 5.58. The van der Waals surface area contributed by atoms with E-state index in [1.165, 1.54) is 5.56 Å². The van der Waals surface area contributed by atoms with Gasteiger partial charge in [0.2, 0.25) is 5.96 Å². The number of hydrazine groups is 1. The summed E-state index contributed by atoms with van der Waals surface area (Å²) in [5.74, 6) is 7.73. The average Bonchev–Trinajstić information content (AvgIpc) is 2.53. The Morgan fingerprint density at radius 1 is 1.29 bits per heavy atom. The number of fused-ring (bicyclic) bond motifs is 1. The number of unbranched alkanes of at least 4 members (excludes halogenated alkanes) is 1. The van der Waals surface area contributed by atoms with E-state index in [0.29, 0.717) is 19.2 Å². The number of guanidine groups is 1. The van der Waals surface area contributed by atoms with Crippen molar-refractivity contribution in [2.24, 2.45) is 10.8 Å². The van der Waals surface area contributed by atoms with Gasteiger partial charge in [-0.1, -0.05) is 19.4 Å². The lowest BCUT2D eigenvalue weighted by atomic mass is 10.1. The van der Waals surface area contributed by atoms with E-state index in [1.807, 2.05) is 12.1 Å². The van der Waals surface area contributed by atoms with Crippen LogP contribution in [0.5, 0.6) is 11.5 Å². The van der Waals surface area contributed by atoms with Crippen LogP contribution in [0, 0.1) is 0 Å². The predicted molar refractivity (Wildman–Crippen MR) is 83.7 cm³/mol. The quantitative estimate of drug-likeness (QED) is 0.241. The number of rotatable bonds is 6. The molecule has 0 spiro atoms. The summed E-state index contributed by atoms with van der Waals surface area (Å²) in [7, 11) is 0. The average molecular weight is 292 g/mol. The van der Waals surface area contributed by atoms with Crippen molar-refractivity contribution in [3.8, 4) is 11.5 Å². The highest BCUT2D eigenvalue weighted by Gasteiger charge is 2.11. The van der Waals surface area contributed by atoms with Gasteiger partial charge in [0.1, 0.15) is 13.2 Å². The van der Waals surface area contributed by atoms with Gasteiger partial charge in [0.05, 0.1) is 0 Å². The Hall–Kier alpha value is -1.95. The number of nitrogens with zero attached hydrogens (tertiary/aromatic N) is 1. The van der Waals surface area contributed by atoms with Gasteiger partial charge in [-0.2, -0.15) is 0 Å². The third kappa shape index (κ3) is 4.82. The lowest BCUT2D eigenvalue weighted by molar-refractivity contribution is 0.171. The van der Waals surface area contributed by atoms with Crippen LogP contribution in [-0.2, 0) is 6.42 Å². The molecule has 0 radical (unpaired) electrons. The molecule has 6 nitrogen and oxygen atoms in total. The molecule has 0 bridgehead atoms. The summed E-state index contributed by atoms with van der Waals surface area (Å²) in [6, 6.07) is 6.04. The van der Waals surface area contributed by atoms with Crippen LogP contribution in [0.25, 0.3) is 0 Å². The molecule has 1 aromatic carbocycles. The van der Waals surface area contributed by atoms with Gasteiger partial charge in [-0.25, -0.2) is 5.84 Å². The Labute approximate surface area is 125 Å². The third-order valence-corrected chi connectivity index (χ3v) is 3.23. The van der Waals surface area contributed by atoms with Crippen molar-refractivity contribution in [1.82, 2.24) is 10.7 Å². The second-order valence-electron chi connectivity index (χ2n) is 4.88. The van der Waals surface area contributed by atoms with Crippen LogP contribution in [0.3, 0.4) is 0 Å². The van der Waals surface area contributed by atoms with Crippen molar-refractivity contribution in [1.29, 1.82) is 0 Å². The summed E-state index contributed by atoms with van der Waals surface area (Å²) in [5, 5.41) is 3.20. The van der Waals surface area contributed by atoms with Crippen LogP contribution in [0.2, 0.25) is 0 Å². The van der Waals surface area contributed by atoms with E-state index in [-0.39, 0.29) is 0 Å². The largest absolute Gasteiger partial charge is 0.486 e. The minimum Gasteiger partial charge on any atom is -0.486 e. The van der Waals surface area contributed by atoms with Crippen LogP contribution >= 0.6 is 0 Å². The number of benzene rings is 1. The number of nitrogens with two attached hydrogens (primary N) is 1. The fraction of sp³-hybridized carbons (Fsp3) is 0.533. The van der Waals surface area contributed by atoms with E-state index in [9.17, 15) is 0 Å². The summed E-state index contributed by atoms with van der Waals surface area (Å²) in [5.41, 5.74) is 3.78. The van der Waals surface area contributed by atoms with E-state index in [1.54, 1.807) is 0 Å². The molecular formula is C15H24N4O2. The fourth-order valence-corrected chi connectivity index (χ4v) is 2.07. The van der Waals surface area contributed by atoms with Gasteiger partial charge in [0.15, 0.2) is 11.5 Å². The molecule has 2 rings (SSSR count). The Morgan fingerprint density at radius 3 is 2.86 bits per heavy atom. The van der Waals surface area contributed by atoms with E-state index in [2.05, 4.69) is 28.7 Å². The first-order chi connectivity index (χ1) is 10.3. The normalized spacial score (nSPS) is 13.9. The third-order valence-electron chi connectivity index (χ3n) is 3.23. The Bertz CT molecular complexity index is 477. The monoisotopic (exact) mass is 292 g/mol. The lowest BCUT2D eigenvalue weighted by Gasteiger charge is -2.19. The molecule has 1 heterocycles. The van der Waals surface area contributed by atoms with Gasteiger partial charge in [-0.05, 0) is 30.5 Å². The predicted octanol–water partition coefficient (Wildman–Crippen LogP) is 1.21. The number of hydrogen-bond donors (Lipinski definition) is 3. The fourth-order valence-electron chi connectivity index (χ4n) is 2.07. The first-order valence-corrected chi connectivity index (χ1v) is 7.47. The highest BCUT2D eigenvalue weighted by molar-refractivity contribution is 5.79. The summed E-state index contributed by atoms with van der Waals surface area (Å²) in [6.07, 6.45) is 3.05. The van der Waals surface area contributed by atoms with Crippen LogP contribution in [-0.4, -0.2) is 32.3 Å². The molecule has 0 aromatic heterocycles. The molecule has 0 atom stereocenters. The van der Waals surface area contributed by atoms with Crippen molar-refractivity contribution in [3.05, 3.63) is 23.8 Å². The molecule has 0 saturated carbocycles. The molecule has 116 valence electrons. The van der Waals surface area contributed by atoms with Crippen molar-refractivity contribution in [3.63, 3.8) is 0 Å². The SMILES string of the molecule is CCCCN=C(NN)NCCc1ccc2c(c1)OCCO2. The zero-order valence-electron chi connectivity index (χ0n) is 12.5. The Balaban J connectivity index is 1.81. The number of ether oxygens (including phenoxy) is 2. The van der Waals surface area contributed by atoms with Crippen molar-refractivity contribution in [2.45, 2.75) is 26.2 Å². The first kappa shape index (κ1) is 15.4. The van der Waals surface area contributed by atoms with Crippen LogP contribution in [0.1, 0.15) is 25.3 Å². The molecule has 21 heavy (non-hydrogen) atoms. The first-order valence-electron chi connectivity index (χ1n) is 7.47. The number of aliphatic imine (C=N–C) groups is 1. The van der Waals surface area contributed by atoms with Gasteiger partial charge in [-0.3, -0.25) is 10.4 Å². The molecule has 6 heteroatoms. The molecule has 1 aliphatic rings. The Kier molecular flexibility index (Phi) is 6.15. The van der Waals surface area contributed by atoms with E-state index in [0.717, 1.165) is 43.9 Å². The zero-order chi connectivity index (χ0) is 14.9. The maximum Gasteiger partial charge on any atom is 0.205 e. The summed E-state index contributed by atoms with van der Waals surface area (Å²) < 4.78 is 11.1. The maximum atomic E-state index is 5.58. The number of nitrogens with one attached hydrogen (secondary N) is 2. The van der Waals surface area contributed by atoms with Crippen molar-refractivity contribution in [2.75, 3.05) is 26.3 Å². The zero-order valence-corrected chi connectivity index (χ0v) is 12.5. The minimum absolute atomic E-state index is 0.611. The van der Waals surface area contributed by atoms with Crippen LogP contribution < -0.4 is 26.1 Å². The second kappa shape index (κ2) is 8.36. The van der Waals surface area contributed by atoms with Gasteiger partial charge in [-0.15, -0.1) is 0 Å². The standard InChI is InChI=1S/C15H24N4O2/c1-2-3-7-17-15(19-16)18-8-6-12-4-5-13-14(11-12)21-10-9-20-13/h4-5,11H,2-3,6-10,16H2,1H3,(H2,17,18,19). The molecule has 0 amide bonds.